The maximum atomic E-state index is 13.4. The van der Waals surface area contributed by atoms with Crippen LogP contribution in [0.4, 0.5) is 14.9 Å². The topological polar surface area (TPSA) is 46.6 Å². The quantitative estimate of drug-likeness (QED) is 0.731. The molecule has 4 nitrogen and oxygen atoms in total. The van der Waals surface area contributed by atoms with Crippen LogP contribution in [0.3, 0.4) is 0 Å². The molecule has 0 N–H and O–H groups in total. The Morgan fingerprint density at radius 1 is 1.30 bits per heavy atom. The van der Waals surface area contributed by atoms with E-state index in [1.54, 1.807) is 34.6 Å². The van der Waals surface area contributed by atoms with Crippen molar-refractivity contribution in [3.05, 3.63) is 29.6 Å². The van der Waals surface area contributed by atoms with E-state index in [0.717, 1.165) is 4.90 Å². The Kier molecular flexibility index (Phi) is 3.11. The number of benzene rings is 1. The molecular weight excluding hydrogens is 261 g/mol. The number of rotatable bonds is 0. The number of carbonyl (C=O) groups excluding carboxylic acids is 2. The van der Waals surface area contributed by atoms with Crippen molar-refractivity contribution in [3.63, 3.8) is 0 Å². The zero-order chi connectivity index (χ0) is 15.3. The number of halogens is 1. The van der Waals surface area contributed by atoms with Gasteiger partial charge in [0.15, 0.2) is 0 Å². The maximum absolute atomic E-state index is 13.4. The SMILES string of the molecule is CC(C)(C)OC(=O)N1C(=O)C(C)(C)c2cc(F)ccc21. The van der Waals surface area contributed by atoms with Crippen LogP contribution in [0.2, 0.25) is 0 Å². The van der Waals surface area contributed by atoms with Crippen LogP contribution in [0.25, 0.3) is 0 Å². The van der Waals surface area contributed by atoms with Crippen molar-refractivity contribution in [1.29, 1.82) is 0 Å². The summed E-state index contributed by atoms with van der Waals surface area (Å²) in [6.07, 6.45) is -0.735. The molecule has 1 aliphatic heterocycles. The smallest absolute Gasteiger partial charge is 0.421 e. The molecule has 0 atom stereocenters. The van der Waals surface area contributed by atoms with Gasteiger partial charge >= 0.3 is 6.09 Å². The summed E-state index contributed by atoms with van der Waals surface area (Å²) in [6.45, 7) is 8.50. The summed E-state index contributed by atoms with van der Waals surface area (Å²) in [7, 11) is 0. The molecule has 0 fully saturated rings. The number of hydrogen-bond acceptors (Lipinski definition) is 3. The lowest BCUT2D eigenvalue weighted by atomic mass is 9.86. The fourth-order valence-electron chi connectivity index (χ4n) is 2.20. The van der Waals surface area contributed by atoms with Gasteiger partial charge in [0.2, 0.25) is 5.91 Å². The minimum absolute atomic E-state index is 0.385. The van der Waals surface area contributed by atoms with E-state index in [1.165, 1.54) is 18.2 Å². The summed E-state index contributed by atoms with van der Waals surface area (Å²) in [6, 6.07) is 3.95. The first-order valence-corrected chi connectivity index (χ1v) is 6.41. The van der Waals surface area contributed by atoms with Crippen LogP contribution < -0.4 is 4.90 Å². The average Bonchev–Trinajstić information content (AvgIpc) is 2.46. The first kappa shape index (κ1) is 14.5. The minimum Gasteiger partial charge on any atom is -0.443 e. The van der Waals surface area contributed by atoms with Crippen LogP contribution in [0.5, 0.6) is 0 Å². The van der Waals surface area contributed by atoms with Gasteiger partial charge in [-0.05, 0) is 58.4 Å². The van der Waals surface area contributed by atoms with Gasteiger partial charge in [-0.15, -0.1) is 0 Å². The van der Waals surface area contributed by atoms with Crippen LogP contribution in [-0.2, 0) is 14.9 Å². The molecule has 1 aliphatic rings. The number of ether oxygens (including phenoxy) is 1. The van der Waals surface area contributed by atoms with E-state index in [0.29, 0.717) is 11.3 Å². The Bertz CT molecular complexity index is 587. The molecule has 5 heteroatoms. The van der Waals surface area contributed by atoms with E-state index >= 15 is 0 Å². The molecule has 0 radical (unpaired) electrons. The maximum Gasteiger partial charge on any atom is 0.421 e. The molecule has 20 heavy (non-hydrogen) atoms. The van der Waals surface area contributed by atoms with Gasteiger partial charge in [0.25, 0.3) is 0 Å². The molecule has 0 unspecified atom stereocenters. The van der Waals surface area contributed by atoms with Crippen LogP contribution in [0, 0.1) is 5.82 Å². The van der Waals surface area contributed by atoms with Gasteiger partial charge in [-0.2, -0.15) is 0 Å². The summed E-state index contributed by atoms with van der Waals surface area (Å²) in [4.78, 5) is 25.6. The number of fused-ring (bicyclic) bond motifs is 1. The molecule has 0 aliphatic carbocycles. The van der Waals surface area contributed by atoms with Gasteiger partial charge in [0, 0.05) is 0 Å². The molecule has 2 rings (SSSR count). The van der Waals surface area contributed by atoms with E-state index < -0.39 is 28.8 Å². The van der Waals surface area contributed by atoms with E-state index in [2.05, 4.69) is 0 Å². The number of nitrogens with zero attached hydrogens (tertiary/aromatic N) is 1. The molecule has 0 saturated heterocycles. The van der Waals surface area contributed by atoms with Crippen molar-refractivity contribution in [1.82, 2.24) is 0 Å². The Morgan fingerprint density at radius 2 is 1.90 bits per heavy atom. The van der Waals surface area contributed by atoms with Crippen molar-refractivity contribution in [2.45, 2.75) is 45.6 Å². The standard InChI is InChI=1S/C15H18FNO3/c1-14(2,3)20-13(19)17-11-7-6-9(16)8-10(11)15(4,5)12(17)18/h6-8H,1-5H3. The van der Waals surface area contributed by atoms with Gasteiger partial charge in [-0.25, -0.2) is 14.1 Å². The minimum atomic E-state index is -0.950. The second-order valence-corrected chi connectivity index (χ2v) is 6.41. The predicted octanol–water partition coefficient (Wildman–Crippen LogP) is 3.39. The summed E-state index contributed by atoms with van der Waals surface area (Å²) < 4.78 is 18.6. The van der Waals surface area contributed by atoms with Gasteiger partial charge in [-0.1, -0.05) is 0 Å². The Labute approximate surface area is 117 Å². The summed E-state index contributed by atoms with van der Waals surface area (Å²) in [5, 5.41) is 0. The van der Waals surface area contributed by atoms with Crippen molar-refractivity contribution >= 4 is 17.7 Å². The van der Waals surface area contributed by atoms with E-state index in [9.17, 15) is 14.0 Å². The number of amides is 2. The summed E-state index contributed by atoms with van der Waals surface area (Å²) in [5.41, 5.74) is -0.775. The van der Waals surface area contributed by atoms with E-state index in [4.69, 9.17) is 4.74 Å². The van der Waals surface area contributed by atoms with Crippen molar-refractivity contribution in [3.8, 4) is 0 Å². The number of hydrogen-bond donors (Lipinski definition) is 0. The first-order valence-electron chi connectivity index (χ1n) is 6.41. The van der Waals surface area contributed by atoms with Crippen molar-refractivity contribution in [2.75, 3.05) is 4.90 Å². The molecule has 1 heterocycles. The zero-order valence-corrected chi connectivity index (χ0v) is 12.3. The monoisotopic (exact) mass is 279 g/mol. The fraction of sp³-hybridized carbons (Fsp3) is 0.467. The molecule has 1 aromatic rings. The Morgan fingerprint density at radius 3 is 2.45 bits per heavy atom. The van der Waals surface area contributed by atoms with Gasteiger partial charge in [0.05, 0.1) is 11.1 Å². The number of carbonyl (C=O) groups is 2. The van der Waals surface area contributed by atoms with Gasteiger partial charge < -0.3 is 4.74 Å². The first-order chi connectivity index (χ1) is 9.04. The second kappa shape index (κ2) is 4.30. The highest BCUT2D eigenvalue weighted by atomic mass is 19.1. The van der Waals surface area contributed by atoms with Crippen LogP contribution in [0.15, 0.2) is 18.2 Å². The molecule has 0 aromatic heterocycles. The van der Waals surface area contributed by atoms with Crippen molar-refractivity contribution < 1.29 is 18.7 Å². The highest BCUT2D eigenvalue weighted by Gasteiger charge is 2.48. The zero-order valence-electron chi connectivity index (χ0n) is 12.3. The molecule has 1 aromatic carbocycles. The number of anilines is 1. The normalized spacial score (nSPS) is 17.1. The van der Waals surface area contributed by atoms with Crippen molar-refractivity contribution in [2.24, 2.45) is 0 Å². The highest BCUT2D eigenvalue weighted by Crippen LogP contribution is 2.42. The molecular formula is C15H18FNO3. The third-order valence-corrected chi connectivity index (χ3v) is 3.19. The average molecular weight is 279 g/mol. The highest BCUT2D eigenvalue weighted by molar-refractivity contribution is 6.20. The predicted molar refractivity (Wildman–Crippen MR) is 73.1 cm³/mol. The van der Waals surface area contributed by atoms with Crippen LogP contribution in [0.1, 0.15) is 40.2 Å². The third kappa shape index (κ3) is 2.28. The second-order valence-electron chi connectivity index (χ2n) is 6.41. The molecule has 0 saturated carbocycles. The lowest BCUT2D eigenvalue weighted by Gasteiger charge is -2.24. The number of imide groups is 1. The lowest BCUT2D eigenvalue weighted by molar-refractivity contribution is -0.121. The summed E-state index contributed by atoms with van der Waals surface area (Å²) >= 11 is 0. The lowest BCUT2D eigenvalue weighted by Crippen LogP contribution is -2.43. The summed E-state index contributed by atoms with van der Waals surface area (Å²) in [5.74, 6) is -0.844. The Hall–Kier alpha value is -1.91. The Balaban J connectivity index is 2.48. The van der Waals surface area contributed by atoms with E-state index in [1.807, 2.05) is 0 Å². The third-order valence-electron chi connectivity index (χ3n) is 3.19. The molecule has 108 valence electrons. The largest absolute Gasteiger partial charge is 0.443 e. The van der Waals surface area contributed by atoms with Gasteiger partial charge in [0.1, 0.15) is 11.4 Å². The molecule has 0 bridgehead atoms. The van der Waals surface area contributed by atoms with Crippen LogP contribution in [-0.4, -0.2) is 17.6 Å². The molecule has 2 amide bonds. The van der Waals surface area contributed by atoms with Crippen LogP contribution >= 0.6 is 0 Å². The fourth-order valence-corrected chi connectivity index (χ4v) is 2.20. The molecule has 0 spiro atoms. The van der Waals surface area contributed by atoms with E-state index in [-0.39, 0.29) is 0 Å². The van der Waals surface area contributed by atoms with Gasteiger partial charge in [-0.3, -0.25) is 4.79 Å².